The van der Waals surface area contributed by atoms with Crippen LogP contribution in [0.2, 0.25) is 0 Å². The highest BCUT2D eigenvalue weighted by molar-refractivity contribution is 5.97. The Labute approximate surface area is 119 Å². The van der Waals surface area contributed by atoms with Gasteiger partial charge in [0.1, 0.15) is 11.6 Å². The molecule has 0 aliphatic heterocycles. The van der Waals surface area contributed by atoms with Gasteiger partial charge in [0.2, 0.25) is 5.88 Å². The highest BCUT2D eigenvalue weighted by Gasteiger charge is 2.11. The number of aromatic nitrogens is 1. The Kier molecular flexibility index (Phi) is 4.03. The predicted molar refractivity (Wildman–Crippen MR) is 80.6 cm³/mol. The molecule has 1 aromatic carbocycles. The van der Waals surface area contributed by atoms with E-state index in [1.807, 2.05) is 19.1 Å². The van der Waals surface area contributed by atoms with E-state index in [9.17, 15) is 0 Å². The summed E-state index contributed by atoms with van der Waals surface area (Å²) in [5, 5.41) is 7.56. The van der Waals surface area contributed by atoms with Crippen LogP contribution in [-0.4, -0.2) is 10.8 Å². The third kappa shape index (κ3) is 2.96. The average Bonchev–Trinajstić information content (AvgIpc) is 2.41. The summed E-state index contributed by atoms with van der Waals surface area (Å²) in [6.07, 6.45) is 1.63. The van der Waals surface area contributed by atoms with Crippen molar-refractivity contribution in [3.63, 3.8) is 0 Å². The Hall–Kier alpha value is -2.36. The summed E-state index contributed by atoms with van der Waals surface area (Å²) in [6, 6.07) is 9.60. The number of rotatable bonds is 4. The first-order valence-electron chi connectivity index (χ1n) is 6.57. The van der Waals surface area contributed by atoms with E-state index in [4.69, 9.17) is 15.9 Å². The summed E-state index contributed by atoms with van der Waals surface area (Å²) in [7, 11) is 0. The molecule has 104 valence electrons. The Morgan fingerprint density at radius 1 is 1.30 bits per heavy atom. The largest absolute Gasteiger partial charge is 0.438 e. The highest BCUT2D eigenvalue weighted by atomic mass is 16.5. The molecule has 4 nitrogen and oxygen atoms in total. The van der Waals surface area contributed by atoms with Crippen LogP contribution in [0.25, 0.3) is 0 Å². The molecular weight excluding hydrogens is 250 g/mol. The summed E-state index contributed by atoms with van der Waals surface area (Å²) in [5.74, 6) is 1.49. The van der Waals surface area contributed by atoms with Crippen molar-refractivity contribution in [2.75, 3.05) is 0 Å². The Balaban J connectivity index is 2.40. The van der Waals surface area contributed by atoms with Crippen LogP contribution in [0.3, 0.4) is 0 Å². The van der Waals surface area contributed by atoms with Gasteiger partial charge in [-0.25, -0.2) is 4.98 Å². The lowest BCUT2D eigenvalue weighted by Gasteiger charge is -2.13. The number of nitrogens with zero attached hydrogens (tertiary/aromatic N) is 1. The predicted octanol–water partition coefficient (Wildman–Crippen LogP) is 3.59. The lowest BCUT2D eigenvalue weighted by Crippen LogP contribution is -2.13. The molecule has 0 fully saturated rings. The zero-order chi connectivity index (χ0) is 14.7. The average molecular weight is 269 g/mol. The molecule has 1 heterocycles. The molecule has 0 bridgehead atoms. The maximum absolute atomic E-state index is 7.56. The molecule has 0 amide bonds. The van der Waals surface area contributed by atoms with Crippen molar-refractivity contribution in [1.29, 1.82) is 5.41 Å². The Morgan fingerprint density at radius 3 is 2.70 bits per heavy atom. The van der Waals surface area contributed by atoms with E-state index in [1.54, 1.807) is 18.3 Å². The van der Waals surface area contributed by atoms with Crippen LogP contribution in [0.15, 0.2) is 36.5 Å². The summed E-state index contributed by atoms with van der Waals surface area (Å²) >= 11 is 0. The van der Waals surface area contributed by atoms with Crippen molar-refractivity contribution in [2.45, 2.75) is 26.7 Å². The molecule has 2 rings (SSSR count). The number of benzene rings is 1. The minimum absolute atomic E-state index is 0.0502. The molecule has 0 aliphatic carbocycles. The van der Waals surface area contributed by atoms with Gasteiger partial charge in [-0.2, -0.15) is 0 Å². The van der Waals surface area contributed by atoms with Crippen LogP contribution in [0.1, 0.15) is 36.5 Å². The molecule has 0 saturated heterocycles. The van der Waals surface area contributed by atoms with Crippen molar-refractivity contribution in [3.8, 4) is 11.6 Å². The van der Waals surface area contributed by atoms with Gasteiger partial charge < -0.3 is 10.5 Å². The molecule has 0 saturated carbocycles. The Morgan fingerprint density at radius 2 is 2.05 bits per heavy atom. The molecule has 0 radical (unpaired) electrons. The highest BCUT2D eigenvalue weighted by Crippen LogP contribution is 2.29. The van der Waals surface area contributed by atoms with Gasteiger partial charge in [0.05, 0.1) is 5.56 Å². The van der Waals surface area contributed by atoms with E-state index >= 15 is 0 Å². The molecule has 0 aliphatic rings. The topological polar surface area (TPSA) is 72.0 Å². The zero-order valence-electron chi connectivity index (χ0n) is 12.0. The minimum Gasteiger partial charge on any atom is -0.438 e. The van der Waals surface area contributed by atoms with Crippen LogP contribution in [0.4, 0.5) is 0 Å². The zero-order valence-corrected chi connectivity index (χ0v) is 12.0. The maximum atomic E-state index is 7.56. The number of hydrogen-bond donors (Lipinski definition) is 2. The van der Waals surface area contributed by atoms with Crippen molar-refractivity contribution in [1.82, 2.24) is 4.98 Å². The SMILES string of the molecule is Cc1ccc(C(C)C)cc1Oc1ncccc1C(=N)N. The van der Waals surface area contributed by atoms with E-state index in [1.165, 1.54) is 5.56 Å². The van der Waals surface area contributed by atoms with Crippen molar-refractivity contribution < 1.29 is 4.74 Å². The second kappa shape index (κ2) is 5.74. The van der Waals surface area contributed by atoms with Gasteiger partial charge in [0, 0.05) is 6.20 Å². The number of nitrogen functional groups attached to an aromatic ring is 1. The van der Waals surface area contributed by atoms with Gasteiger partial charge in [0.15, 0.2) is 0 Å². The van der Waals surface area contributed by atoms with Crippen LogP contribution < -0.4 is 10.5 Å². The van der Waals surface area contributed by atoms with Crippen LogP contribution in [-0.2, 0) is 0 Å². The minimum atomic E-state index is -0.0502. The molecule has 20 heavy (non-hydrogen) atoms. The number of pyridine rings is 1. The molecular formula is C16H19N3O. The number of nitrogens with one attached hydrogen (secondary N) is 1. The first kappa shape index (κ1) is 14.1. The van der Waals surface area contributed by atoms with Gasteiger partial charge >= 0.3 is 0 Å². The number of nitrogens with two attached hydrogens (primary N) is 1. The lowest BCUT2D eigenvalue weighted by molar-refractivity contribution is 0.457. The third-order valence-corrected chi connectivity index (χ3v) is 3.15. The van der Waals surface area contributed by atoms with Gasteiger partial charge in [-0.15, -0.1) is 0 Å². The van der Waals surface area contributed by atoms with Gasteiger partial charge in [-0.3, -0.25) is 5.41 Å². The number of hydrogen-bond acceptors (Lipinski definition) is 3. The number of ether oxygens (including phenoxy) is 1. The first-order chi connectivity index (χ1) is 9.49. The van der Waals surface area contributed by atoms with Crippen LogP contribution in [0, 0.1) is 12.3 Å². The molecule has 0 spiro atoms. The van der Waals surface area contributed by atoms with Gasteiger partial charge in [0.25, 0.3) is 0 Å². The normalized spacial score (nSPS) is 10.6. The fourth-order valence-electron chi connectivity index (χ4n) is 1.87. The molecule has 0 atom stereocenters. The standard InChI is InChI=1S/C16H19N3O/c1-10(2)12-7-6-11(3)14(9-12)20-16-13(15(17)18)5-4-8-19-16/h4-10H,1-3H3,(H3,17,18). The second-order valence-electron chi connectivity index (χ2n) is 5.05. The molecule has 2 aromatic rings. The Bertz CT molecular complexity index is 635. The molecule has 3 N–H and O–H groups in total. The van der Waals surface area contributed by atoms with E-state index in [-0.39, 0.29) is 5.84 Å². The fraction of sp³-hybridized carbons (Fsp3) is 0.250. The van der Waals surface area contributed by atoms with E-state index in [2.05, 4.69) is 24.9 Å². The summed E-state index contributed by atoms with van der Waals surface area (Å²) in [5.41, 5.74) is 8.27. The van der Waals surface area contributed by atoms with Crippen molar-refractivity contribution in [3.05, 3.63) is 53.2 Å². The summed E-state index contributed by atoms with van der Waals surface area (Å²) < 4.78 is 5.86. The number of amidine groups is 1. The van der Waals surface area contributed by atoms with E-state index in [0.29, 0.717) is 17.4 Å². The van der Waals surface area contributed by atoms with Crippen molar-refractivity contribution >= 4 is 5.84 Å². The maximum Gasteiger partial charge on any atom is 0.230 e. The van der Waals surface area contributed by atoms with E-state index in [0.717, 1.165) is 11.3 Å². The fourth-order valence-corrected chi connectivity index (χ4v) is 1.87. The molecule has 1 aromatic heterocycles. The van der Waals surface area contributed by atoms with Crippen molar-refractivity contribution in [2.24, 2.45) is 5.73 Å². The third-order valence-electron chi connectivity index (χ3n) is 3.15. The van der Waals surface area contributed by atoms with Crippen LogP contribution >= 0.6 is 0 Å². The summed E-state index contributed by atoms with van der Waals surface area (Å²) in [4.78, 5) is 4.17. The lowest BCUT2D eigenvalue weighted by atomic mass is 10.0. The smallest absolute Gasteiger partial charge is 0.230 e. The molecule has 4 heteroatoms. The van der Waals surface area contributed by atoms with Crippen LogP contribution in [0.5, 0.6) is 11.6 Å². The number of aryl methyl sites for hydroxylation is 1. The first-order valence-corrected chi connectivity index (χ1v) is 6.57. The molecule has 0 unspecified atom stereocenters. The van der Waals surface area contributed by atoms with Gasteiger partial charge in [-0.1, -0.05) is 26.0 Å². The monoisotopic (exact) mass is 269 g/mol. The summed E-state index contributed by atoms with van der Waals surface area (Å²) in [6.45, 7) is 6.25. The second-order valence-corrected chi connectivity index (χ2v) is 5.05. The van der Waals surface area contributed by atoms with E-state index < -0.39 is 0 Å². The van der Waals surface area contributed by atoms with Gasteiger partial charge in [-0.05, 0) is 42.2 Å². The quantitative estimate of drug-likeness (QED) is 0.658.